The van der Waals surface area contributed by atoms with Crippen LogP contribution in [0.15, 0.2) is 0 Å². The van der Waals surface area contributed by atoms with Gasteiger partial charge in [-0.3, -0.25) is 0 Å². The number of rotatable bonds is 4. The third kappa shape index (κ3) is 3.53. The average Bonchev–Trinajstić information content (AvgIpc) is 1.85. The summed E-state index contributed by atoms with van der Waals surface area (Å²) in [7, 11) is 2.67. The van der Waals surface area contributed by atoms with Crippen LogP contribution in [0.4, 0.5) is 0 Å². The van der Waals surface area contributed by atoms with Gasteiger partial charge in [0.1, 0.15) is 0 Å². The van der Waals surface area contributed by atoms with E-state index in [0.29, 0.717) is 0 Å². The summed E-state index contributed by atoms with van der Waals surface area (Å²) in [4.78, 5) is 0. The van der Waals surface area contributed by atoms with Gasteiger partial charge in [-0.05, 0) is 20.6 Å². The van der Waals surface area contributed by atoms with E-state index < -0.39 is 27.0 Å². The van der Waals surface area contributed by atoms with Gasteiger partial charge in [-0.1, -0.05) is 26.2 Å². The zero-order chi connectivity index (χ0) is 9.89. The Morgan fingerprint density at radius 2 is 1.08 bits per heavy atom. The maximum atomic E-state index is 2.92. The molecule has 0 aliphatic rings. The van der Waals surface area contributed by atoms with Crippen molar-refractivity contribution < 1.29 is 0 Å². The summed E-state index contributed by atoms with van der Waals surface area (Å²) in [6, 6.07) is 0. The lowest BCUT2D eigenvalue weighted by atomic mass is 11.3. The monoisotopic (exact) mass is 220 g/mol. The highest BCUT2D eigenvalue weighted by atomic mass is 28.4. The number of nitrogens with zero attached hydrogens (tertiary/aromatic N) is 2. The molecule has 0 saturated heterocycles. The van der Waals surface area contributed by atoms with Crippen molar-refractivity contribution in [3.8, 4) is 0 Å². The highest BCUT2D eigenvalue weighted by Gasteiger charge is 2.23. The Labute approximate surface area is 82.7 Å². The summed E-state index contributed by atoms with van der Waals surface area (Å²) in [5.74, 6) is 0. The van der Waals surface area contributed by atoms with E-state index in [1.807, 2.05) is 0 Å². The second-order valence-corrected chi connectivity index (χ2v) is 14.5. The van der Waals surface area contributed by atoms with Gasteiger partial charge in [0, 0.05) is 0 Å². The minimum atomic E-state index is -0.716. The van der Waals surface area contributed by atoms with E-state index in [-0.39, 0.29) is 0 Å². The van der Waals surface area contributed by atoms with Crippen LogP contribution in [-0.2, 0) is 0 Å². The molecule has 12 heavy (non-hydrogen) atoms. The quantitative estimate of drug-likeness (QED) is 0.643. The molecule has 0 aromatic rings. The van der Waals surface area contributed by atoms with Crippen molar-refractivity contribution in [3.63, 3.8) is 0 Å². The Morgan fingerprint density at radius 1 is 0.750 bits per heavy atom. The summed E-state index contributed by atoms with van der Waals surface area (Å²) in [5, 5.41) is 0. The molecule has 0 radical (unpaired) electrons. The Hall–Kier alpha value is 0.571. The van der Waals surface area contributed by atoms with Crippen molar-refractivity contribution in [2.75, 3.05) is 14.1 Å². The molecule has 74 valence electrons. The molecule has 0 rings (SSSR count). The van der Waals surface area contributed by atoms with Gasteiger partial charge in [0.05, 0.1) is 17.9 Å². The zero-order valence-electron chi connectivity index (χ0n) is 9.63. The van der Waals surface area contributed by atoms with E-state index in [0.717, 1.165) is 0 Å². The largest absolute Gasteiger partial charge is 0.364 e. The van der Waals surface area contributed by atoms with E-state index in [1.54, 1.807) is 0 Å². The van der Waals surface area contributed by atoms with E-state index in [2.05, 4.69) is 55.3 Å². The van der Waals surface area contributed by atoms with Crippen molar-refractivity contribution in [3.05, 3.63) is 0 Å². The van der Waals surface area contributed by atoms with Crippen LogP contribution in [-0.4, -0.2) is 49.6 Å². The molecule has 0 aromatic carbocycles. The molecular formula is C7H24N2Si3. The fourth-order valence-electron chi connectivity index (χ4n) is 1.73. The number of hydrogen-bond acceptors (Lipinski definition) is 2. The van der Waals surface area contributed by atoms with Crippen molar-refractivity contribution in [1.82, 2.24) is 8.46 Å². The van der Waals surface area contributed by atoms with E-state index in [1.165, 1.54) is 0 Å². The predicted molar refractivity (Wildman–Crippen MR) is 66.3 cm³/mol. The molecule has 0 bridgehead atoms. The second-order valence-electron chi connectivity index (χ2n) is 4.23. The normalized spacial score (nSPS) is 15.2. The first kappa shape index (κ1) is 12.6. The van der Waals surface area contributed by atoms with Gasteiger partial charge >= 0.3 is 0 Å². The molecule has 0 aromatic heterocycles. The van der Waals surface area contributed by atoms with Crippen molar-refractivity contribution in [2.24, 2.45) is 0 Å². The minimum absolute atomic E-state index is 0.542. The third-order valence-electron chi connectivity index (χ3n) is 2.37. The standard InChI is InChI=1S/C7H24N2Si3/c1-8(2)12(7)9(10(3)4)11(5)6/h10-12H,1-7H3. The highest BCUT2D eigenvalue weighted by Crippen LogP contribution is 2.04. The average molecular weight is 221 g/mol. The molecule has 0 aliphatic carbocycles. The lowest BCUT2D eigenvalue weighted by molar-refractivity contribution is 0.608. The molecule has 0 saturated carbocycles. The van der Waals surface area contributed by atoms with E-state index in [4.69, 9.17) is 0 Å². The van der Waals surface area contributed by atoms with Crippen molar-refractivity contribution >= 4 is 27.0 Å². The molecule has 0 aliphatic heterocycles. The summed E-state index contributed by atoms with van der Waals surface area (Å²) < 4.78 is 5.38. The molecule has 0 heterocycles. The zero-order valence-corrected chi connectivity index (χ0v) is 13.1. The van der Waals surface area contributed by atoms with Gasteiger partial charge < -0.3 is 8.46 Å². The van der Waals surface area contributed by atoms with Crippen LogP contribution in [0.2, 0.25) is 32.7 Å². The van der Waals surface area contributed by atoms with Crippen molar-refractivity contribution in [2.45, 2.75) is 32.7 Å². The van der Waals surface area contributed by atoms with Crippen LogP contribution in [0.5, 0.6) is 0 Å². The lowest BCUT2D eigenvalue weighted by Crippen LogP contribution is -2.57. The first-order valence-electron chi connectivity index (χ1n) is 4.81. The topological polar surface area (TPSA) is 6.48 Å². The van der Waals surface area contributed by atoms with Gasteiger partial charge in [0.2, 0.25) is 0 Å². The Kier molecular flexibility index (Phi) is 5.59. The van der Waals surface area contributed by atoms with Gasteiger partial charge in [-0.25, -0.2) is 0 Å². The van der Waals surface area contributed by atoms with Gasteiger partial charge in [-0.2, -0.15) is 0 Å². The van der Waals surface area contributed by atoms with E-state index in [9.17, 15) is 0 Å². The van der Waals surface area contributed by atoms with E-state index >= 15 is 0 Å². The Bertz CT molecular complexity index is 120. The first-order valence-corrected chi connectivity index (χ1v) is 12.7. The van der Waals surface area contributed by atoms with Gasteiger partial charge in [-0.15, -0.1) is 0 Å². The van der Waals surface area contributed by atoms with Crippen LogP contribution in [0.1, 0.15) is 0 Å². The molecule has 2 nitrogen and oxygen atoms in total. The summed E-state index contributed by atoms with van der Waals surface area (Å²) in [5.41, 5.74) is 0. The second kappa shape index (κ2) is 5.33. The summed E-state index contributed by atoms with van der Waals surface area (Å²) in [6.45, 7) is 12.3. The van der Waals surface area contributed by atoms with Crippen LogP contribution in [0.3, 0.4) is 0 Å². The fourth-order valence-corrected chi connectivity index (χ4v) is 15.5. The predicted octanol–water partition coefficient (Wildman–Crippen LogP) is 0.667. The minimum Gasteiger partial charge on any atom is -0.364 e. The lowest BCUT2D eigenvalue weighted by Gasteiger charge is -2.38. The third-order valence-corrected chi connectivity index (χ3v) is 16.9. The Morgan fingerprint density at radius 3 is 1.17 bits per heavy atom. The number of hydrogen-bond donors (Lipinski definition) is 0. The molecule has 0 N–H and O–H groups in total. The first-order chi connectivity index (χ1) is 5.37. The Balaban J connectivity index is 4.30. The molecular weight excluding hydrogens is 196 g/mol. The van der Waals surface area contributed by atoms with Crippen molar-refractivity contribution in [1.29, 1.82) is 0 Å². The van der Waals surface area contributed by atoms with Crippen LogP contribution < -0.4 is 0 Å². The molecule has 0 fully saturated rings. The van der Waals surface area contributed by atoms with Crippen LogP contribution in [0, 0.1) is 0 Å². The molecule has 0 amide bonds. The molecule has 1 atom stereocenters. The summed E-state index contributed by atoms with van der Waals surface area (Å²) >= 11 is 0. The molecule has 1 unspecified atom stereocenters. The maximum Gasteiger partial charge on any atom is 0.172 e. The van der Waals surface area contributed by atoms with Crippen LogP contribution in [0.25, 0.3) is 0 Å². The highest BCUT2D eigenvalue weighted by molar-refractivity contribution is 6.84. The molecule has 5 heteroatoms. The van der Waals surface area contributed by atoms with Crippen LogP contribution >= 0.6 is 0 Å². The fraction of sp³-hybridized carbons (Fsp3) is 1.00. The SMILES string of the molecule is CN(C)[SiH](C)N([SiH](C)C)[SiH](C)C. The smallest absolute Gasteiger partial charge is 0.172 e. The maximum absolute atomic E-state index is 2.92. The van der Waals surface area contributed by atoms with Gasteiger partial charge in [0.25, 0.3) is 0 Å². The summed E-state index contributed by atoms with van der Waals surface area (Å²) in [6.07, 6.45) is 0. The van der Waals surface area contributed by atoms with Gasteiger partial charge in [0.15, 0.2) is 9.12 Å². The molecule has 0 spiro atoms.